The van der Waals surface area contributed by atoms with Crippen LogP contribution in [0.3, 0.4) is 0 Å². The van der Waals surface area contributed by atoms with E-state index in [1.54, 1.807) is 6.07 Å². The molecule has 1 aliphatic rings. The summed E-state index contributed by atoms with van der Waals surface area (Å²) in [4.78, 5) is 19.0. The van der Waals surface area contributed by atoms with Crippen molar-refractivity contribution in [2.45, 2.75) is 18.9 Å². The number of nitrogens with one attached hydrogen (secondary N) is 1. The summed E-state index contributed by atoms with van der Waals surface area (Å²) in [7, 11) is 2.11. The molecule has 0 unspecified atom stereocenters. The number of aromatic nitrogens is 1. The van der Waals surface area contributed by atoms with Gasteiger partial charge >= 0.3 is 0 Å². The van der Waals surface area contributed by atoms with Crippen molar-refractivity contribution < 1.29 is 4.79 Å². The third-order valence-corrected chi connectivity index (χ3v) is 3.88. The number of likely N-dealkylation sites (tertiary alicyclic amines) is 1. The van der Waals surface area contributed by atoms with Gasteiger partial charge in [-0.25, -0.2) is 4.98 Å². The highest BCUT2D eigenvalue weighted by Gasteiger charge is 2.19. The summed E-state index contributed by atoms with van der Waals surface area (Å²) < 4.78 is 0. The number of fused-ring (bicyclic) bond motifs is 1. The number of pyridine rings is 1. The van der Waals surface area contributed by atoms with Crippen LogP contribution in [0.15, 0.2) is 36.4 Å². The zero-order valence-electron chi connectivity index (χ0n) is 11.7. The van der Waals surface area contributed by atoms with E-state index < -0.39 is 0 Å². The van der Waals surface area contributed by atoms with Gasteiger partial charge in [-0.15, -0.1) is 0 Å². The summed E-state index contributed by atoms with van der Waals surface area (Å²) in [6, 6.07) is 11.9. The third-order valence-electron chi connectivity index (χ3n) is 3.88. The number of amides is 1. The van der Waals surface area contributed by atoms with E-state index in [1.165, 1.54) is 0 Å². The molecular formula is C16H19N3O. The molecule has 20 heavy (non-hydrogen) atoms. The molecule has 4 nitrogen and oxygen atoms in total. The summed E-state index contributed by atoms with van der Waals surface area (Å²) in [6.07, 6.45) is 2.02. The Bertz CT molecular complexity index is 618. The standard InChI is InChI=1S/C16H19N3O/c1-19-10-8-13(9-11-19)17-16(20)15-7-6-12-4-2-3-5-14(12)18-15/h2-7,13H,8-11H2,1H3,(H,17,20). The van der Waals surface area contributed by atoms with E-state index >= 15 is 0 Å². The molecule has 1 aromatic heterocycles. The number of benzene rings is 1. The van der Waals surface area contributed by atoms with Gasteiger partial charge in [0.2, 0.25) is 0 Å². The Balaban J connectivity index is 1.72. The number of piperidine rings is 1. The number of para-hydroxylation sites is 1. The number of hydrogen-bond acceptors (Lipinski definition) is 3. The molecule has 2 heterocycles. The molecular weight excluding hydrogens is 250 g/mol. The minimum absolute atomic E-state index is 0.0645. The van der Waals surface area contributed by atoms with Crippen LogP contribution >= 0.6 is 0 Å². The topological polar surface area (TPSA) is 45.2 Å². The van der Waals surface area contributed by atoms with Crippen LogP contribution in [-0.4, -0.2) is 42.0 Å². The fraction of sp³-hybridized carbons (Fsp3) is 0.375. The molecule has 1 saturated heterocycles. The average molecular weight is 269 g/mol. The van der Waals surface area contributed by atoms with E-state index in [1.807, 2.05) is 30.3 Å². The second-order valence-electron chi connectivity index (χ2n) is 5.44. The normalized spacial score (nSPS) is 17.2. The summed E-state index contributed by atoms with van der Waals surface area (Å²) >= 11 is 0. The largest absolute Gasteiger partial charge is 0.348 e. The van der Waals surface area contributed by atoms with Crippen LogP contribution in [0.4, 0.5) is 0 Å². The van der Waals surface area contributed by atoms with Crippen molar-refractivity contribution in [3.63, 3.8) is 0 Å². The first-order valence-corrected chi connectivity index (χ1v) is 7.07. The molecule has 0 atom stereocenters. The zero-order chi connectivity index (χ0) is 13.9. The quantitative estimate of drug-likeness (QED) is 0.907. The van der Waals surface area contributed by atoms with Crippen LogP contribution in [0.25, 0.3) is 10.9 Å². The van der Waals surface area contributed by atoms with Gasteiger partial charge in [-0.05, 0) is 45.1 Å². The Hall–Kier alpha value is -1.94. The molecule has 0 aliphatic carbocycles. The molecule has 0 bridgehead atoms. The maximum atomic E-state index is 12.3. The van der Waals surface area contributed by atoms with Crippen LogP contribution in [0, 0.1) is 0 Å². The molecule has 104 valence electrons. The summed E-state index contributed by atoms with van der Waals surface area (Å²) in [5, 5.41) is 4.15. The Kier molecular flexibility index (Phi) is 3.65. The van der Waals surface area contributed by atoms with Crippen molar-refractivity contribution in [1.29, 1.82) is 0 Å². The molecule has 3 rings (SSSR count). The smallest absolute Gasteiger partial charge is 0.270 e. The first-order valence-electron chi connectivity index (χ1n) is 7.07. The molecule has 1 fully saturated rings. The van der Waals surface area contributed by atoms with Gasteiger partial charge in [-0.2, -0.15) is 0 Å². The molecule has 1 N–H and O–H groups in total. The minimum Gasteiger partial charge on any atom is -0.348 e. The molecule has 1 aromatic carbocycles. The summed E-state index contributed by atoms with van der Waals surface area (Å²) in [5.41, 5.74) is 1.37. The second kappa shape index (κ2) is 5.59. The van der Waals surface area contributed by atoms with Crippen LogP contribution in [0.1, 0.15) is 23.3 Å². The SMILES string of the molecule is CN1CCC(NC(=O)c2ccc3ccccc3n2)CC1. The van der Waals surface area contributed by atoms with Gasteiger partial charge in [-0.3, -0.25) is 4.79 Å². The predicted octanol–water partition coefficient (Wildman–Crippen LogP) is 2.06. The van der Waals surface area contributed by atoms with Gasteiger partial charge in [0.15, 0.2) is 0 Å². The van der Waals surface area contributed by atoms with Crippen molar-refractivity contribution in [3.8, 4) is 0 Å². The first-order chi connectivity index (χ1) is 9.72. The molecule has 0 radical (unpaired) electrons. The Morgan fingerprint density at radius 1 is 1.20 bits per heavy atom. The minimum atomic E-state index is -0.0645. The summed E-state index contributed by atoms with van der Waals surface area (Å²) in [5.74, 6) is -0.0645. The van der Waals surface area contributed by atoms with Crippen molar-refractivity contribution in [2.24, 2.45) is 0 Å². The molecule has 1 amide bonds. The highest BCUT2D eigenvalue weighted by Crippen LogP contribution is 2.13. The molecule has 2 aromatic rings. The van der Waals surface area contributed by atoms with Crippen LogP contribution in [0.2, 0.25) is 0 Å². The molecule has 0 saturated carbocycles. The lowest BCUT2D eigenvalue weighted by atomic mass is 10.1. The number of carbonyl (C=O) groups is 1. The fourth-order valence-corrected chi connectivity index (χ4v) is 2.60. The number of hydrogen-bond donors (Lipinski definition) is 1. The first kappa shape index (κ1) is 13.1. The van der Waals surface area contributed by atoms with Gasteiger partial charge in [0.05, 0.1) is 5.52 Å². The Morgan fingerprint density at radius 3 is 2.75 bits per heavy atom. The molecule has 0 spiro atoms. The summed E-state index contributed by atoms with van der Waals surface area (Å²) in [6.45, 7) is 2.08. The monoisotopic (exact) mass is 269 g/mol. The van der Waals surface area contributed by atoms with Crippen LogP contribution in [0.5, 0.6) is 0 Å². The van der Waals surface area contributed by atoms with Gasteiger partial charge in [0.1, 0.15) is 5.69 Å². The van der Waals surface area contributed by atoms with E-state index in [0.29, 0.717) is 5.69 Å². The maximum absolute atomic E-state index is 12.3. The lowest BCUT2D eigenvalue weighted by Gasteiger charge is -2.29. The third kappa shape index (κ3) is 2.80. The average Bonchev–Trinajstić information content (AvgIpc) is 2.49. The van der Waals surface area contributed by atoms with Crippen molar-refractivity contribution in [1.82, 2.24) is 15.2 Å². The number of rotatable bonds is 2. The van der Waals surface area contributed by atoms with E-state index in [0.717, 1.165) is 36.8 Å². The van der Waals surface area contributed by atoms with E-state index in [-0.39, 0.29) is 11.9 Å². The van der Waals surface area contributed by atoms with Gasteiger partial charge in [-0.1, -0.05) is 24.3 Å². The fourth-order valence-electron chi connectivity index (χ4n) is 2.60. The highest BCUT2D eigenvalue weighted by molar-refractivity contribution is 5.95. The van der Waals surface area contributed by atoms with E-state index in [9.17, 15) is 4.79 Å². The highest BCUT2D eigenvalue weighted by atomic mass is 16.1. The predicted molar refractivity (Wildman–Crippen MR) is 79.7 cm³/mol. The second-order valence-corrected chi connectivity index (χ2v) is 5.44. The Labute approximate surface area is 118 Å². The van der Waals surface area contributed by atoms with Crippen LogP contribution in [-0.2, 0) is 0 Å². The zero-order valence-corrected chi connectivity index (χ0v) is 11.7. The lowest BCUT2D eigenvalue weighted by Crippen LogP contribution is -2.43. The van der Waals surface area contributed by atoms with Gasteiger partial charge < -0.3 is 10.2 Å². The molecule has 4 heteroatoms. The number of nitrogens with zero attached hydrogens (tertiary/aromatic N) is 2. The number of carbonyl (C=O) groups excluding carboxylic acids is 1. The van der Waals surface area contributed by atoms with E-state index in [2.05, 4.69) is 22.2 Å². The van der Waals surface area contributed by atoms with Gasteiger partial charge in [0.25, 0.3) is 5.91 Å². The Morgan fingerprint density at radius 2 is 1.95 bits per heavy atom. The van der Waals surface area contributed by atoms with Crippen molar-refractivity contribution >= 4 is 16.8 Å². The molecule has 1 aliphatic heterocycles. The van der Waals surface area contributed by atoms with Crippen LogP contribution < -0.4 is 5.32 Å². The van der Waals surface area contributed by atoms with E-state index in [4.69, 9.17) is 0 Å². The van der Waals surface area contributed by atoms with Crippen molar-refractivity contribution in [3.05, 3.63) is 42.1 Å². The van der Waals surface area contributed by atoms with Gasteiger partial charge in [0, 0.05) is 11.4 Å². The lowest BCUT2D eigenvalue weighted by molar-refractivity contribution is 0.0912. The van der Waals surface area contributed by atoms with Crippen molar-refractivity contribution in [2.75, 3.05) is 20.1 Å². The maximum Gasteiger partial charge on any atom is 0.270 e.